The maximum Gasteiger partial charge on any atom is 0.234 e. The molecule has 7 nitrogen and oxygen atoms in total. The fourth-order valence-corrected chi connectivity index (χ4v) is 4.04. The first-order chi connectivity index (χ1) is 15.3. The number of rotatable bonds is 8. The van der Waals surface area contributed by atoms with Gasteiger partial charge in [-0.15, -0.1) is 10.2 Å². The Morgan fingerprint density at radius 3 is 2.25 bits per heavy atom. The lowest BCUT2D eigenvalue weighted by molar-refractivity contribution is -0.116. The predicted molar refractivity (Wildman–Crippen MR) is 129 cm³/mol. The molecule has 3 aromatic rings. The molecule has 3 rings (SSSR count). The summed E-state index contributed by atoms with van der Waals surface area (Å²) < 4.78 is 1.84. The van der Waals surface area contributed by atoms with E-state index in [9.17, 15) is 9.59 Å². The molecule has 0 bridgehead atoms. The molecule has 0 spiro atoms. The van der Waals surface area contributed by atoms with Gasteiger partial charge >= 0.3 is 0 Å². The Morgan fingerprint density at radius 2 is 1.59 bits per heavy atom. The Balaban J connectivity index is 1.58. The van der Waals surface area contributed by atoms with Crippen molar-refractivity contribution in [3.63, 3.8) is 0 Å². The minimum atomic E-state index is -0.212. The Labute approximate surface area is 197 Å². The number of hydrogen-bond donors (Lipinski definition) is 2. The van der Waals surface area contributed by atoms with Gasteiger partial charge in [-0.2, -0.15) is 0 Å². The molecule has 0 unspecified atom stereocenters. The van der Waals surface area contributed by atoms with Crippen LogP contribution in [0.5, 0.6) is 0 Å². The molecule has 2 aromatic carbocycles. The summed E-state index contributed by atoms with van der Waals surface area (Å²) in [6.45, 7) is 8.48. The maximum atomic E-state index is 12.5. The molecule has 0 atom stereocenters. The molecular formula is C23H26ClN5O2S. The van der Waals surface area contributed by atoms with Crippen molar-refractivity contribution >= 4 is 46.6 Å². The van der Waals surface area contributed by atoms with Crippen LogP contribution in [0.15, 0.2) is 41.6 Å². The first-order valence-electron chi connectivity index (χ1n) is 10.2. The Hall–Kier alpha value is -2.84. The third-order valence-corrected chi connectivity index (χ3v) is 6.38. The number of nitrogens with one attached hydrogen (secondary N) is 2. The number of hydrogen-bond acceptors (Lipinski definition) is 5. The molecule has 0 aliphatic heterocycles. The monoisotopic (exact) mass is 471 g/mol. The molecule has 0 saturated heterocycles. The van der Waals surface area contributed by atoms with Gasteiger partial charge in [-0.3, -0.25) is 9.59 Å². The Kier molecular flexibility index (Phi) is 7.93. The van der Waals surface area contributed by atoms with Gasteiger partial charge in [-0.25, -0.2) is 0 Å². The molecule has 0 aliphatic carbocycles. The van der Waals surface area contributed by atoms with Crippen LogP contribution in [0.3, 0.4) is 0 Å². The van der Waals surface area contributed by atoms with Crippen LogP contribution in [0, 0.1) is 20.8 Å². The van der Waals surface area contributed by atoms with Crippen LogP contribution in [-0.2, 0) is 22.6 Å². The van der Waals surface area contributed by atoms with E-state index in [1.807, 2.05) is 56.5 Å². The fourth-order valence-electron chi connectivity index (χ4n) is 3.04. The van der Waals surface area contributed by atoms with E-state index in [1.165, 1.54) is 17.3 Å². The maximum absolute atomic E-state index is 12.5. The van der Waals surface area contributed by atoms with Gasteiger partial charge in [-0.05, 0) is 68.7 Å². The van der Waals surface area contributed by atoms with Gasteiger partial charge in [0.25, 0.3) is 0 Å². The van der Waals surface area contributed by atoms with E-state index >= 15 is 0 Å². The van der Waals surface area contributed by atoms with Crippen molar-refractivity contribution in [1.29, 1.82) is 0 Å². The number of aromatic nitrogens is 3. The second-order valence-electron chi connectivity index (χ2n) is 7.47. The van der Waals surface area contributed by atoms with E-state index in [1.54, 1.807) is 12.1 Å². The van der Waals surface area contributed by atoms with Gasteiger partial charge in [0.1, 0.15) is 5.82 Å². The zero-order chi connectivity index (χ0) is 23.3. The summed E-state index contributed by atoms with van der Waals surface area (Å²) in [5.74, 6) is 0.398. The van der Waals surface area contributed by atoms with E-state index < -0.39 is 0 Å². The van der Waals surface area contributed by atoms with Crippen molar-refractivity contribution < 1.29 is 9.59 Å². The standard InChI is InChI=1S/C23H26ClN5O2S/c1-5-29-20(12-21(30)25-18-9-7-15(3)19(24)11-18)27-28-23(29)32-13-22(31)26-17-8-6-14(2)16(4)10-17/h6-11H,5,12-13H2,1-4H3,(H,25,30)(H,26,31). The normalized spacial score (nSPS) is 10.8. The van der Waals surface area contributed by atoms with Crippen molar-refractivity contribution in [2.24, 2.45) is 0 Å². The fraction of sp³-hybridized carbons (Fsp3) is 0.304. The van der Waals surface area contributed by atoms with Crippen LogP contribution in [-0.4, -0.2) is 32.3 Å². The molecule has 2 amide bonds. The second kappa shape index (κ2) is 10.7. The number of aryl methyl sites for hydroxylation is 3. The topological polar surface area (TPSA) is 88.9 Å². The summed E-state index contributed by atoms with van der Waals surface area (Å²) in [6, 6.07) is 11.2. The Morgan fingerprint density at radius 1 is 0.938 bits per heavy atom. The van der Waals surface area contributed by atoms with Crippen LogP contribution in [0.2, 0.25) is 5.02 Å². The number of carbonyl (C=O) groups excluding carboxylic acids is 2. The lowest BCUT2D eigenvalue weighted by Crippen LogP contribution is -2.18. The lowest BCUT2D eigenvalue weighted by atomic mass is 10.1. The molecule has 1 heterocycles. The third kappa shape index (κ3) is 6.11. The quantitative estimate of drug-likeness (QED) is 0.461. The molecule has 0 radical (unpaired) electrons. The predicted octanol–water partition coefficient (Wildman–Crippen LogP) is 4.79. The van der Waals surface area contributed by atoms with E-state index in [4.69, 9.17) is 11.6 Å². The van der Waals surface area contributed by atoms with E-state index in [-0.39, 0.29) is 24.0 Å². The third-order valence-electron chi connectivity index (χ3n) is 5.01. The number of anilines is 2. The summed E-state index contributed by atoms with van der Waals surface area (Å²) in [5, 5.41) is 15.3. The molecule has 0 aliphatic rings. The summed E-state index contributed by atoms with van der Waals surface area (Å²) in [6.07, 6.45) is 0.0712. The number of carbonyl (C=O) groups is 2. The van der Waals surface area contributed by atoms with Crippen molar-refractivity contribution in [1.82, 2.24) is 14.8 Å². The van der Waals surface area contributed by atoms with Crippen molar-refractivity contribution in [2.45, 2.75) is 45.8 Å². The summed E-state index contributed by atoms with van der Waals surface area (Å²) in [5.41, 5.74) is 4.64. The highest BCUT2D eigenvalue weighted by molar-refractivity contribution is 7.99. The van der Waals surface area contributed by atoms with Crippen LogP contribution < -0.4 is 10.6 Å². The smallest absolute Gasteiger partial charge is 0.234 e. The first-order valence-corrected chi connectivity index (χ1v) is 11.6. The van der Waals surface area contributed by atoms with Gasteiger partial charge < -0.3 is 15.2 Å². The highest BCUT2D eigenvalue weighted by Gasteiger charge is 2.16. The summed E-state index contributed by atoms with van der Waals surface area (Å²) >= 11 is 7.41. The van der Waals surface area contributed by atoms with Crippen LogP contribution >= 0.6 is 23.4 Å². The zero-order valence-electron chi connectivity index (χ0n) is 18.5. The molecular weight excluding hydrogens is 446 g/mol. The molecule has 1 aromatic heterocycles. The second-order valence-corrected chi connectivity index (χ2v) is 8.82. The number of amides is 2. The van der Waals surface area contributed by atoms with Crippen molar-refractivity contribution in [3.05, 3.63) is 63.9 Å². The lowest BCUT2D eigenvalue weighted by Gasteiger charge is -2.09. The van der Waals surface area contributed by atoms with Gasteiger partial charge in [-0.1, -0.05) is 35.5 Å². The number of nitrogens with zero attached hydrogens (tertiary/aromatic N) is 3. The van der Waals surface area contributed by atoms with Crippen LogP contribution in [0.4, 0.5) is 11.4 Å². The summed E-state index contributed by atoms with van der Waals surface area (Å²) in [4.78, 5) is 24.8. The number of halogens is 1. The number of thioether (sulfide) groups is 1. The average molecular weight is 472 g/mol. The number of benzene rings is 2. The largest absolute Gasteiger partial charge is 0.326 e. The van der Waals surface area contributed by atoms with Gasteiger partial charge in [0, 0.05) is 22.9 Å². The molecule has 2 N–H and O–H groups in total. The van der Waals surface area contributed by atoms with Crippen molar-refractivity contribution in [2.75, 3.05) is 16.4 Å². The van der Waals surface area contributed by atoms with Gasteiger partial charge in [0.05, 0.1) is 12.2 Å². The zero-order valence-corrected chi connectivity index (χ0v) is 20.1. The van der Waals surface area contributed by atoms with Crippen LogP contribution in [0.25, 0.3) is 0 Å². The average Bonchev–Trinajstić information content (AvgIpc) is 3.13. The van der Waals surface area contributed by atoms with Gasteiger partial charge in [0.15, 0.2) is 5.16 Å². The SMILES string of the molecule is CCn1c(CC(=O)Nc2ccc(C)c(Cl)c2)nnc1SCC(=O)Nc1ccc(C)c(C)c1. The Bertz CT molecular complexity index is 1150. The van der Waals surface area contributed by atoms with E-state index in [2.05, 4.69) is 20.8 Å². The van der Waals surface area contributed by atoms with Crippen LogP contribution in [0.1, 0.15) is 29.4 Å². The molecule has 0 fully saturated rings. The molecule has 32 heavy (non-hydrogen) atoms. The minimum Gasteiger partial charge on any atom is -0.326 e. The summed E-state index contributed by atoms with van der Waals surface area (Å²) in [7, 11) is 0. The highest BCUT2D eigenvalue weighted by atomic mass is 35.5. The molecule has 0 saturated carbocycles. The first kappa shape index (κ1) is 23.8. The molecule has 168 valence electrons. The van der Waals surface area contributed by atoms with Crippen molar-refractivity contribution in [3.8, 4) is 0 Å². The van der Waals surface area contributed by atoms with Gasteiger partial charge in [0.2, 0.25) is 11.8 Å². The minimum absolute atomic E-state index is 0.0712. The van der Waals surface area contributed by atoms with E-state index in [0.29, 0.717) is 28.2 Å². The highest BCUT2D eigenvalue weighted by Crippen LogP contribution is 2.21. The van der Waals surface area contributed by atoms with E-state index in [0.717, 1.165) is 16.8 Å². The molecule has 9 heteroatoms.